The molecule has 2 aliphatic heterocycles. The van der Waals surface area contributed by atoms with Gasteiger partial charge in [-0.2, -0.15) is 0 Å². The molecule has 1 saturated heterocycles. The van der Waals surface area contributed by atoms with E-state index in [2.05, 4.69) is 4.98 Å². The zero-order valence-electron chi connectivity index (χ0n) is 14.0. The summed E-state index contributed by atoms with van der Waals surface area (Å²) in [5, 5.41) is 0.773. The Balaban J connectivity index is 1.75. The number of amides is 1. The van der Waals surface area contributed by atoms with E-state index in [1.54, 1.807) is 22.4 Å². The van der Waals surface area contributed by atoms with Gasteiger partial charge in [-0.05, 0) is 18.8 Å². The minimum atomic E-state index is -0.0491. The van der Waals surface area contributed by atoms with Crippen LogP contribution >= 0.6 is 11.8 Å². The van der Waals surface area contributed by atoms with Crippen molar-refractivity contribution < 1.29 is 4.79 Å². The van der Waals surface area contributed by atoms with Crippen LogP contribution in [0.1, 0.15) is 63.6 Å². The van der Waals surface area contributed by atoms with E-state index in [4.69, 9.17) is 0 Å². The highest BCUT2D eigenvalue weighted by Crippen LogP contribution is 2.33. The van der Waals surface area contributed by atoms with Gasteiger partial charge in [0.1, 0.15) is 0 Å². The van der Waals surface area contributed by atoms with E-state index >= 15 is 0 Å². The van der Waals surface area contributed by atoms with Gasteiger partial charge in [0, 0.05) is 31.3 Å². The van der Waals surface area contributed by atoms with Crippen LogP contribution in [-0.2, 0) is 4.79 Å². The maximum atomic E-state index is 12.6. The molecule has 1 fully saturated rings. The molecule has 0 radical (unpaired) electrons. The quantitative estimate of drug-likeness (QED) is 0.797. The van der Waals surface area contributed by atoms with Crippen molar-refractivity contribution in [1.29, 1.82) is 0 Å². The number of likely N-dealkylation sites (tertiary alicyclic amines) is 1. The van der Waals surface area contributed by atoms with Crippen molar-refractivity contribution in [2.75, 3.05) is 18.8 Å². The summed E-state index contributed by atoms with van der Waals surface area (Å²) in [5.74, 6) is 1.20. The number of hydrogen-bond acceptors (Lipinski definition) is 4. The van der Waals surface area contributed by atoms with E-state index in [1.165, 1.54) is 12.8 Å². The molecule has 0 aliphatic carbocycles. The molecule has 3 heterocycles. The molecule has 0 aromatic carbocycles. The lowest BCUT2D eigenvalue weighted by Gasteiger charge is -2.22. The molecule has 0 N–H and O–H groups in total. The van der Waals surface area contributed by atoms with Gasteiger partial charge in [0.2, 0.25) is 5.91 Å². The Morgan fingerprint density at radius 2 is 2.00 bits per heavy atom. The Labute approximate surface area is 141 Å². The normalized spacial score (nSPS) is 21.3. The van der Waals surface area contributed by atoms with Gasteiger partial charge >= 0.3 is 0 Å². The fourth-order valence-electron chi connectivity index (χ4n) is 3.27. The number of hydrogen-bond donors (Lipinski definition) is 0. The van der Waals surface area contributed by atoms with Gasteiger partial charge in [0.25, 0.3) is 5.56 Å². The molecule has 1 atom stereocenters. The molecule has 23 heavy (non-hydrogen) atoms. The Morgan fingerprint density at radius 1 is 1.30 bits per heavy atom. The Morgan fingerprint density at radius 3 is 2.65 bits per heavy atom. The molecule has 0 bridgehead atoms. The summed E-state index contributed by atoms with van der Waals surface area (Å²) >= 11 is 1.60. The predicted molar refractivity (Wildman–Crippen MR) is 92.0 cm³/mol. The second kappa shape index (κ2) is 7.07. The highest BCUT2D eigenvalue weighted by molar-refractivity contribution is 7.99. The first-order chi connectivity index (χ1) is 11.1. The molecule has 1 amide bonds. The van der Waals surface area contributed by atoms with Crippen LogP contribution in [0, 0.1) is 0 Å². The van der Waals surface area contributed by atoms with Crippen LogP contribution in [0.3, 0.4) is 0 Å². The van der Waals surface area contributed by atoms with Crippen molar-refractivity contribution in [2.45, 2.75) is 63.1 Å². The first-order valence-corrected chi connectivity index (χ1v) is 9.59. The lowest BCUT2D eigenvalue weighted by molar-refractivity contribution is -0.131. The van der Waals surface area contributed by atoms with Crippen LogP contribution < -0.4 is 5.56 Å². The van der Waals surface area contributed by atoms with Gasteiger partial charge in [-0.15, -0.1) is 0 Å². The van der Waals surface area contributed by atoms with Crippen LogP contribution in [0.25, 0.3) is 0 Å². The molecule has 5 nitrogen and oxygen atoms in total. The van der Waals surface area contributed by atoms with Crippen molar-refractivity contribution in [2.24, 2.45) is 0 Å². The van der Waals surface area contributed by atoms with E-state index < -0.39 is 0 Å². The van der Waals surface area contributed by atoms with Crippen LogP contribution in [0.4, 0.5) is 0 Å². The summed E-state index contributed by atoms with van der Waals surface area (Å²) in [6.45, 7) is 5.81. The average molecular weight is 335 g/mol. The zero-order valence-corrected chi connectivity index (χ0v) is 14.8. The third-order valence-corrected chi connectivity index (χ3v) is 5.77. The highest BCUT2D eigenvalue weighted by atomic mass is 32.2. The number of carbonyl (C=O) groups excluding carboxylic acids is 1. The summed E-state index contributed by atoms with van der Waals surface area (Å²) < 4.78 is 1.73. The number of carbonyl (C=O) groups is 1. The second-order valence-corrected chi connectivity index (χ2v) is 7.78. The van der Waals surface area contributed by atoms with Crippen molar-refractivity contribution in [1.82, 2.24) is 14.5 Å². The standard InChI is InChI=1S/C17H25N3O2S/c1-12(2)14-10-16(22)20-13(11-23-17(20)18-14)9-15(21)19-7-5-3-4-6-8-19/h10,12-13H,3-9,11H2,1-2H3. The Hall–Kier alpha value is -1.30. The molecule has 0 saturated carbocycles. The fourth-order valence-corrected chi connectivity index (χ4v) is 4.42. The van der Waals surface area contributed by atoms with E-state index in [-0.39, 0.29) is 23.4 Å². The first-order valence-electron chi connectivity index (χ1n) is 8.60. The number of rotatable bonds is 3. The van der Waals surface area contributed by atoms with Crippen molar-refractivity contribution in [3.63, 3.8) is 0 Å². The molecule has 1 aromatic rings. The summed E-state index contributed by atoms with van der Waals surface area (Å²) in [4.78, 5) is 31.6. The zero-order chi connectivity index (χ0) is 16.4. The van der Waals surface area contributed by atoms with Crippen LogP contribution in [0.5, 0.6) is 0 Å². The molecule has 6 heteroatoms. The summed E-state index contributed by atoms with van der Waals surface area (Å²) in [6.07, 6.45) is 5.05. The fraction of sp³-hybridized carbons (Fsp3) is 0.706. The van der Waals surface area contributed by atoms with Gasteiger partial charge in [0.15, 0.2) is 5.16 Å². The molecule has 3 rings (SSSR count). The van der Waals surface area contributed by atoms with E-state index in [0.717, 1.165) is 42.5 Å². The minimum Gasteiger partial charge on any atom is -0.343 e. The summed E-state index contributed by atoms with van der Waals surface area (Å²) in [7, 11) is 0. The summed E-state index contributed by atoms with van der Waals surface area (Å²) in [5.41, 5.74) is 0.825. The molecule has 1 aromatic heterocycles. The molecule has 126 valence electrons. The summed E-state index contributed by atoms with van der Waals surface area (Å²) in [6, 6.07) is 1.58. The molecule has 0 spiro atoms. The minimum absolute atomic E-state index is 0.0163. The SMILES string of the molecule is CC(C)c1cc(=O)n2c(n1)SCC2CC(=O)N1CCCCCC1. The van der Waals surface area contributed by atoms with Gasteiger partial charge in [0.05, 0.1) is 11.7 Å². The van der Waals surface area contributed by atoms with Crippen molar-refractivity contribution >= 4 is 17.7 Å². The number of nitrogens with zero attached hydrogens (tertiary/aromatic N) is 3. The van der Waals surface area contributed by atoms with Gasteiger partial charge in [-0.3, -0.25) is 14.2 Å². The predicted octanol–water partition coefficient (Wildman–Crippen LogP) is 2.81. The molecule has 2 aliphatic rings. The van der Waals surface area contributed by atoms with E-state index in [0.29, 0.717) is 6.42 Å². The monoisotopic (exact) mass is 335 g/mol. The lowest BCUT2D eigenvalue weighted by atomic mass is 10.1. The largest absolute Gasteiger partial charge is 0.343 e. The maximum Gasteiger partial charge on any atom is 0.254 e. The van der Waals surface area contributed by atoms with Crippen LogP contribution in [-0.4, -0.2) is 39.2 Å². The molecular formula is C17H25N3O2S. The van der Waals surface area contributed by atoms with Crippen molar-refractivity contribution in [3.8, 4) is 0 Å². The van der Waals surface area contributed by atoms with Gasteiger partial charge in [-0.25, -0.2) is 4.98 Å². The average Bonchev–Trinajstić information content (AvgIpc) is 2.74. The van der Waals surface area contributed by atoms with Crippen LogP contribution in [0.15, 0.2) is 16.0 Å². The number of thioether (sulfide) groups is 1. The number of fused-ring (bicyclic) bond motifs is 1. The number of aromatic nitrogens is 2. The smallest absolute Gasteiger partial charge is 0.254 e. The topological polar surface area (TPSA) is 55.2 Å². The van der Waals surface area contributed by atoms with Crippen LogP contribution in [0.2, 0.25) is 0 Å². The third kappa shape index (κ3) is 3.62. The van der Waals surface area contributed by atoms with Crippen molar-refractivity contribution in [3.05, 3.63) is 22.1 Å². The second-order valence-electron chi connectivity index (χ2n) is 6.79. The van der Waals surface area contributed by atoms with Gasteiger partial charge < -0.3 is 4.90 Å². The lowest BCUT2D eigenvalue weighted by Crippen LogP contribution is -2.35. The van der Waals surface area contributed by atoms with Gasteiger partial charge in [-0.1, -0.05) is 38.5 Å². The molecular weight excluding hydrogens is 310 g/mol. The first kappa shape index (κ1) is 16.6. The van der Waals surface area contributed by atoms with E-state index in [9.17, 15) is 9.59 Å². The molecule has 1 unspecified atom stereocenters. The Kier molecular flexibility index (Phi) is 5.09. The maximum absolute atomic E-state index is 12.6. The highest BCUT2D eigenvalue weighted by Gasteiger charge is 2.29. The Bertz CT molecular complexity index is 633. The van der Waals surface area contributed by atoms with E-state index in [1.807, 2.05) is 18.7 Å². The third-order valence-electron chi connectivity index (χ3n) is 4.67.